The Kier molecular flexibility index (Phi) is 4.98. The molecule has 2 rings (SSSR count). The van der Waals surface area contributed by atoms with Crippen molar-refractivity contribution in [2.75, 3.05) is 6.61 Å². The molecule has 0 aliphatic rings. The Morgan fingerprint density at radius 3 is 2.95 bits per heavy atom. The van der Waals surface area contributed by atoms with Crippen LogP contribution >= 0.6 is 0 Å². The van der Waals surface area contributed by atoms with Gasteiger partial charge in [0.05, 0.1) is 13.0 Å². The van der Waals surface area contributed by atoms with Gasteiger partial charge >= 0.3 is 5.97 Å². The van der Waals surface area contributed by atoms with Crippen LogP contribution in [0.2, 0.25) is 0 Å². The van der Waals surface area contributed by atoms with E-state index < -0.39 is 5.97 Å². The quantitative estimate of drug-likeness (QED) is 0.851. The predicted octanol–water partition coefficient (Wildman–Crippen LogP) is 2.89. The fraction of sp³-hybridized carbons (Fsp3) is 0.375. The highest BCUT2D eigenvalue weighted by atomic mass is 16.5. The van der Waals surface area contributed by atoms with E-state index in [0.717, 1.165) is 29.3 Å². The summed E-state index contributed by atoms with van der Waals surface area (Å²) in [6.45, 7) is 2.76. The van der Waals surface area contributed by atoms with Gasteiger partial charge < -0.3 is 14.4 Å². The lowest BCUT2D eigenvalue weighted by Crippen LogP contribution is -2.03. The SMILES string of the molecule is CCCOc1cccc(-c2ncc(CCC(=O)O)n2C)c1. The number of rotatable bonds is 7. The number of hydrogen-bond donors (Lipinski definition) is 1. The van der Waals surface area contributed by atoms with Crippen LogP contribution in [-0.2, 0) is 18.3 Å². The summed E-state index contributed by atoms with van der Waals surface area (Å²) in [6.07, 6.45) is 3.29. The van der Waals surface area contributed by atoms with E-state index in [1.807, 2.05) is 35.9 Å². The zero-order valence-corrected chi connectivity index (χ0v) is 12.4. The Hall–Kier alpha value is -2.30. The third-order valence-electron chi connectivity index (χ3n) is 3.24. The molecule has 0 atom stereocenters. The summed E-state index contributed by atoms with van der Waals surface area (Å²) >= 11 is 0. The molecule has 0 bridgehead atoms. The molecule has 0 radical (unpaired) electrons. The van der Waals surface area contributed by atoms with E-state index in [4.69, 9.17) is 9.84 Å². The lowest BCUT2D eigenvalue weighted by Gasteiger charge is -2.08. The minimum Gasteiger partial charge on any atom is -0.494 e. The highest BCUT2D eigenvalue weighted by Gasteiger charge is 2.10. The molecule has 1 N–H and O–H groups in total. The van der Waals surface area contributed by atoms with Gasteiger partial charge in [-0.2, -0.15) is 0 Å². The van der Waals surface area contributed by atoms with Crippen LogP contribution in [0, 0.1) is 0 Å². The van der Waals surface area contributed by atoms with Gasteiger partial charge in [0.15, 0.2) is 0 Å². The summed E-state index contributed by atoms with van der Waals surface area (Å²) in [7, 11) is 1.90. The monoisotopic (exact) mass is 288 g/mol. The zero-order valence-electron chi connectivity index (χ0n) is 12.4. The Morgan fingerprint density at radius 1 is 1.43 bits per heavy atom. The van der Waals surface area contributed by atoms with Crippen molar-refractivity contribution in [3.8, 4) is 17.1 Å². The van der Waals surface area contributed by atoms with Crippen LogP contribution in [0.5, 0.6) is 5.75 Å². The van der Waals surface area contributed by atoms with Gasteiger partial charge in [0.2, 0.25) is 0 Å². The van der Waals surface area contributed by atoms with Gasteiger partial charge in [-0.25, -0.2) is 4.98 Å². The number of nitrogens with zero attached hydrogens (tertiary/aromatic N) is 2. The highest BCUT2D eigenvalue weighted by Crippen LogP contribution is 2.23. The first kappa shape index (κ1) is 15.1. The number of carboxylic acids is 1. The maximum Gasteiger partial charge on any atom is 0.303 e. The molecule has 0 unspecified atom stereocenters. The van der Waals surface area contributed by atoms with Gasteiger partial charge in [-0.3, -0.25) is 4.79 Å². The van der Waals surface area contributed by atoms with Crippen LogP contribution < -0.4 is 4.74 Å². The number of benzene rings is 1. The number of ether oxygens (including phenoxy) is 1. The van der Waals surface area contributed by atoms with Crippen LogP contribution in [0.4, 0.5) is 0 Å². The molecule has 2 aromatic rings. The predicted molar refractivity (Wildman–Crippen MR) is 80.4 cm³/mol. The first-order valence-electron chi connectivity index (χ1n) is 7.07. The number of aryl methyl sites for hydroxylation is 1. The average Bonchev–Trinajstić information content (AvgIpc) is 2.84. The third-order valence-corrected chi connectivity index (χ3v) is 3.24. The molecule has 0 aliphatic carbocycles. The van der Waals surface area contributed by atoms with Gasteiger partial charge in [0.25, 0.3) is 0 Å². The molecule has 0 amide bonds. The summed E-state index contributed by atoms with van der Waals surface area (Å²) < 4.78 is 7.56. The molecule has 0 saturated carbocycles. The van der Waals surface area contributed by atoms with E-state index in [1.165, 1.54) is 0 Å². The lowest BCUT2D eigenvalue weighted by molar-refractivity contribution is -0.136. The highest BCUT2D eigenvalue weighted by molar-refractivity contribution is 5.67. The van der Waals surface area contributed by atoms with Crippen molar-refractivity contribution in [2.45, 2.75) is 26.2 Å². The summed E-state index contributed by atoms with van der Waals surface area (Å²) in [6, 6.07) is 7.79. The summed E-state index contributed by atoms with van der Waals surface area (Å²) in [5, 5.41) is 8.76. The number of aromatic nitrogens is 2. The minimum absolute atomic E-state index is 0.110. The van der Waals surface area contributed by atoms with Crippen molar-refractivity contribution in [1.82, 2.24) is 9.55 Å². The minimum atomic E-state index is -0.798. The summed E-state index contributed by atoms with van der Waals surface area (Å²) in [5.74, 6) is 0.842. The number of hydrogen-bond acceptors (Lipinski definition) is 3. The van der Waals surface area contributed by atoms with Gasteiger partial charge in [-0.15, -0.1) is 0 Å². The van der Waals surface area contributed by atoms with Gasteiger partial charge in [-0.1, -0.05) is 19.1 Å². The lowest BCUT2D eigenvalue weighted by atomic mass is 10.2. The largest absolute Gasteiger partial charge is 0.494 e. The molecule has 1 heterocycles. The second-order valence-corrected chi connectivity index (χ2v) is 4.90. The number of aliphatic carboxylic acids is 1. The van der Waals surface area contributed by atoms with Crippen LogP contribution in [0.15, 0.2) is 30.5 Å². The van der Waals surface area contributed by atoms with Crippen LogP contribution in [0.1, 0.15) is 25.5 Å². The van der Waals surface area contributed by atoms with Crippen molar-refractivity contribution < 1.29 is 14.6 Å². The molecule has 0 fully saturated rings. The maximum absolute atomic E-state index is 10.7. The number of imidazole rings is 1. The second-order valence-electron chi connectivity index (χ2n) is 4.90. The molecule has 1 aromatic carbocycles. The fourth-order valence-corrected chi connectivity index (χ4v) is 2.13. The Bertz CT molecular complexity index is 620. The molecule has 1 aromatic heterocycles. The van der Waals surface area contributed by atoms with E-state index >= 15 is 0 Å². The van der Waals surface area contributed by atoms with Gasteiger partial charge in [0, 0.05) is 24.5 Å². The van der Waals surface area contributed by atoms with Crippen molar-refractivity contribution in [3.05, 3.63) is 36.2 Å². The molecular formula is C16H20N2O3. The second kappa shape index (κ2) is 6.92. The first-order valence-corrected chi connectivity index (χ1v) is 7.07. The Morgan fingerprint density at radius 2 is 2.24 bits per heavy atom. The van der Waals surface area contributed by atoms with E-state index in [1.54, 1.807) is 6.20 Å². The number of carboxylic acid groups (broad SMARTS) is 1. The van der Waals surface area contributed by atoms with Crippen molar-refractivity contribution in [1.29, 1.82) is 0 Å². The van der Waals surface area contributed by atoms with Crippen molar-refractivity contribution in [3.63, 3.8) is 0 Å². The number of carbonyl (C=O) groups is 1. The van der Waals surface area contributed by atoms with E-state index in [9.17, 15) is 4.79 Å². The van der Waals surface area contributed by atoms with Gasteiger partial charge in [-0.05, 0) is 25.0 Å². The maximum atomic E-state index is 10.7. The fourth-order valence-electron chi connectivity index (χ4n) is 2.13. The Labute approximate surface area is 124 Å². The van der Waals surface area contributed by atoms with Gasteiger partial charge in [0.1, 0.15) is 11.6 Å². The van der Waals surface area contributed by atoms with Crippen molar-refractivity contribution >= 4 is 5.97 Å². The van der Waals surface area contributed by atoms with Crippen LogP contribution in [-0.4, -0.2) is 27.2 Å². The summed E-state index contributed by atoms with van der Waals surface area (Å²) in [4.78, 5) is 15.1. The molecular weight excluding hydrogens is 268 g/mol. The van der Waals surface area contributed by atoms with Crippen molar-refractivity contribution in [2.24, 2.45) is 7.05 Å². The standard InChI is InChI=1S/C16H20N2O3/c1-3-9-21-14-6-4-5-12(10-14)16-17-11-13(18(16)2)7-8-15(19)20/h4-6,10-11H,3,7-9H2,1-2H3,(H,19,20). The Balaban J connectivity index is 2.20. The van der Waals surface area contributed by atoms with E-state index in [-0.39, 0.29) is 6.42 Å². The van der Waals surface area contributed by atoms with Crippen LogP contribution in [0.3, 0.4) is 0 Å². The molecule has 0 spiro atoms. The topological polar surface area (TPSA) is 64.3 Å². The molecule has 0 aliphatic heterocycles. The molecule has 0 saturated heterocycles. The summed E-state index contributed by atoms with van der Waals surface area (Å²) in [5.41, 5.74) is 1.87. The third kappa shape index (κ3) is 3.84. The smallest absolute Gasteiger partial charge is 0.303 e. The average molecular weight is 288 g/mol. The normalized spacial score (nSPS) is 10.6. The van der Waals surface area contributed by atoms with E-state index in [0.29, 0.717) is 13.0 Å². The van der Waals surface area contributed by atoms with Crippen LogP contribution in [0.25, 0.3) is 11.4 Å². The molecule has 5 heteroatoms. The zero-order chi connectivity index (χ0) is 15.2. The molecule has 21 heavy (non-hydrogen) atoms. The molecule has 112 valence electrons. The first-order chi connectivity index (χ1) is 10.1. The molecule has 5 nitrogen and oxygen atoms in total. The van der Waals surface area contributed by atoms with E-state index in [2.05, 4.69) is 11.9 Å².